The molecule has 10 heteroatoms. The monoisotopic (exact) mass is 536 g/mol. The van der Waals surface area contributed by atoms with Crippen LogP contribution in [0.4, 0.5) is 10.1 Å². The molecule has 0 aliphatic carbocycles. The molecular weight excluding hydrogens is 507 g/mol. The van der Waals surface area contributed by atoms with Crippen LogP contribution in [0.25, 0.3) is 0 Å². The number of nitro benzene ring substituents is 1. The predicted octanol–water partition coefficient (Wildman–Crippen LogP) is 4.51. The summed E-state index contributed by atoms with van der Waals surface area (Å²) in [6, 6.07) is 14.2. The highest BCUT2D eigenvalue weighted by molar-refractivity contribution is 7.10. The van der Waals surface area contributed by atoms with Gasteiger partial charge in [-0.05, 0) is 54.1 Å². The minimum atomic E-state index is -0.517. The van der Waals surface area contributed by atoms with Crippen LogP contribution in [0.1, 0.15) is 45.7 Å². The molecule has 8 nitrogen and oxygen atoms in total. The molecule has 0 bridgehead atoms. The Balaban J connectivity index is 1.22. The normalized spacial score (nSPS) is 19.7. The molecule has 38 heavy (non-hydrogen) atoms. The predicted molar refractivity (Wildman–Crippen MR) is 143 cm³/mol. The number of carbonyl (C=O) groups is 2. The second kappa shape index (κ2) is 11.0. The highest BCUT2D eigenvalue weighted by atomic mass is 32.1. The third-order valence-corrected chi connectivity index (χ3v) is 8.38. The van der Waals surface area contributed by atoms with Gasteiger partial charge in [0.05, 0.1) is 11.0 Å². The van der Waals surface area contributed by atoms with E-state index in [1.54, 1.807) is 39.3 Å². The second-order valence-electron chi connectivity index (χ2n) is 9.79. The summed E-state index contributed by atoms with van der Waals surface area (Å²) in [4.78, 5) is 43.8. The van der Waals surface area contributed by atoms with Gasteiger partial charge in [0.25, 0.3) is 11.6 Å². The van der Waals surface area contributed by atoms with Crippen molar-refractivity contribution in [3.05, 3.63) is 97.5 Å². The molecule has 2 aliphatic rings. The maximum Gasteiger partial charge on any atom is 0.270 e. The van der Waals surface area contributed by atoms with E-state index >= 15 is 0 Å². The number of piperazine rings is 1. The van der Waals surface area contributed by atoms with E-state index in [2.05, 4.69) is 16.3 Å². The van der Waals surface area contributed by atoms with Gasteiger partial charge in [-0.15, -0.1) is 11.3 Å². The van der Waals surface area contributed by atoms with Gasteiger partial charge in [0.1, 0.15) is 5.82 Å². The van der Waals surface area contributed by atoms with Crippen molar-refractivity contribution in [3.8, 4) is 0 Å². The molecule has 0 spiro atoms. The Morgan fingerprint density at radius 1 is 1.11 bits per heavy atom. The van der Waals surface area contributed by atoms with Crippen LogP contribution in [-0.2, 0) is 11.2 Å². The van der Waals surface area contributed by atoms with Crippen LogP contribution in [0.3, 0.4) is 0 Å². The van der Waals surface area contributed by atoms with Crippen LogP contribution in [0.2, 0.25) is 0 Å². The first-order chi connectivity index (χ1) is 18.3. The smallest absolute Gasteiger partial charge is 0.270 e. The molecule has 0 saturated carbocycles. The molecule has 1 aromatic heterocycles. The molecule has 3 heterocycles. The molecule has 2 amide bonds. The van der Waals surface area contributed by atoms with E-state index in [0.29, 0.717) is 32.6 Å². The molecule has 2 aromatic carbocycles. The Kier molecular flexibility index (Phi) is 7.53. The van der Waals surface area contributed by atoms with E-state index in [-0.39, 0.29) is 41.0 Å². The van der Waals surface area contributed by atoms with Crippen LogP contribution in [0.15, 0.2) is 60.0 Å². The largest absolute Gasteiger partial charge is 0.339 e. The Labute approximate surface area is 224 Å². The fourth-order valence-electron chi connectivity index (χ4n) is 5.48. The molecule has 0 radical (unpaired) electrons. The van der Waals surface area contributed by atoms with Crippen molar-refractivity contribution in [2.24, 2.45) is 0 Å². The van der Waals surface area contributed by atoms with Gasteiger partial charge in [-0.2, -0.15) is 0 Å². The molecule has 0 unspecified atom stereocenters. The summed E-state index contributed by atoms with van der Waals surface area (Å²) in [6.45, 7) is 4.41. The number of halogens is 1. The zero-order chi connectivity index (χ0) is 26.8. The first kappa shape index (κ1) is 26.0. The Morgan fingerprint density at radius 3 is 2.68 bits per heavy atom. The molecule has 5 rings (SSSR count). The quantitative estimate of drug-likeness (QED) is 0.342. The molecular formula is C28H29FN4O4S. The van der Waals surface area contributed by atoms with Crippen LogP contribution in [0, 0.1) is 15.9 Å². The van der Waals surface area contributed by atoms with Gasteiger partial charge in [0.15, 0.2) is 0 Å². The summed E-state index contributed by atoms with van der Waals surface area (Å²) < 4.78 is 14.1. The van der Waals surface area contributed by atoms with Crippen molar-refractivity contribution in [2.75, 3.05) is 32.7 Å². The number of thiophene rings is 1. The maximum absolute atomic E-state index is 14.1. The zero-order valence-electron chi connectivity index (χ0n) is 21.1. The molecule has 3 aromatic rings. The summed E-state index contributed by atoms with van der Waals surface area (Å²) in [5, 5.41) is 13.2. The lowest BCUT2D eigenvalue weighted by Gasteiger charge is -2.40. The lowest BCUT2D eigenvalue weighted by molar-refractivity contribution is -0.384. The number of fused-ring (bicyclic) bond motifs is 1. The van der Waals surface area contributed by atoms with Gasteiger partial charge in [-0.25, -0.2) is 4.39 Å². The van der Waals surface area contributed by atoms with E-state index in [9.17, 15) is 24.1 Å². The molecule has 1 fully saturated rings. The molecule has 2 aliphatic heterocycles. The summed E-state index contributed by atoms with van der Waals surface area (Å²) in [5.74, 6) is -0.521. The molecule has 1 saturated heterocycles. The standard InChI is InChI=1S/C28H29FN4O4S/c1-19-18-31(13-14-32(19)28(35)21-5-3-7-23(17-21)33(36)37)26(34)9-12-30-11-8-25-24(10-15-38-25)27(30)20-4-2-6-22(29)16-20/h2-7,10,15-17,19,27H,8-9,11-14,18H2,1H3/t19-,27-/m0/s1. The molecule has 0 N–H and O–H groups in total. The minimum absolute atomic E-state index is 0.0217. The van der Waals surface area contributed by atoms with Crippen molar-refractivity contribution < 1.29 is 18.9 Å². The van der Waals surface area contributed by atoms with Crippen molar-refractivity contribution >= 4 is 28.8 Å². The van der Waals surface area contributed by atoms with Gasteiger partial charge in [0, 0.05) is 67.8 Å². The lowest BCUT2D eigenvalue weighted by Crippen LogP contribution is -2.55. The van der Waals surface area contributed by atoms with Gasteiger partial charge < -0.3 is 9.80 Å². The van der Waals surface area contributed by atoms with Crippen LogP contribution in [-0.4, -0.2) is 70.2 Å². The number of non-ortho nitro benzene ring substituents is 1. The number of amides is 2. The number of benzene rings is 2. The number of hydrogen-bond acceptors (Lipinski definition) is 6. The summed E-state index contributed by atoms with van der Waals surface area (Å²) in [6.07, 6.45) is 1.24. The summed E-state index contributed by atoms with van der Waals surface area (Å²) in [5.41, 5.74) is 2.22. The Bertz CT molecular complexity index is 1360. The number of hydrogen-bond donors (Lipinski definition) is 0. The van der Waals surface area contributed by atoms with Gasteiger partial charge in [-0.1, -0.05) is 18.2 Å². The van der Waals surface area contributed by atoms with E-state index < -0.39 is 4.92 Å². The SMILES string of the molecule is C[C@H]1CN(C(=O)CCN2CCc3sccc3[C@@H]2c2cccc(F)c2)CCN1C(=O)c1cccc([N+](=O)[O-])c1. The van der Waals surface area contributed by atoms with Gasteiger partial charge >= 0.3 is 0 Å². The second-order valence-corrected chi connectivity index (χ2v) is 10.8. The summed E-state index contributed by atoms with van der Waals surface area (Å²) in [7, 11) is 0. The fraction of sp³-hybridized carbons (Fsp3) is 0.357. The molecule has 198 valence electrons. The maximum atomic E-state index is 14.1. The van der Waals surface area contributed by atoms with Crippen LogP contribution < -0.4 is 0 Å². The van der Waals surface area contributed by atoms with E-state index in [4.69, 9.17) is 0 Å². The highest BCUT2D eigenvalue weighted by Gasteiger charge is 2.33. The topological polar surface area (TPSA) is 87.0 Å². The van der Waals surface area contributed by atoms with E-state index in [0.717, 1.165) is 18.5 Å². The third kappa shape index (κ3) is 5.32. The zero-order valence-corrected chi connectivity index (χ0v) is 21.9. The van der Waals surface area contributed by atoms with Crippen LogP contribution >= 0.6 is 11.3 Å². The number of nitro groups is 1. The third-order valence-electron chi connectivity index (χ3n) is 7.39. The van der Waals surface area contributed by atoms with Crippen LogP contribution in [0.5, 0.6) is 0 Å². The average molecular weight is 537 g/mol. The van der Waals surface area contributed by atoms with Gasteiger partial charge in [-0.3, -0.25) is 24.6 Å². The van der Waals surface area contributed by atoms with Crippen molar-refractivity contribution in [1.82, 2.24) is 14.7 Å². The first-order valence-corrected chi connectivity index (χ1v) is 13.6. The highest BCUT2D eigenvalue weighted by Crippen LogP contribution is 2.38. The van der Waals surface area contributed by atoms with Gasteiger partial charge in [0.2, 0.25) is 5.91 Å². The number of rotatable bonds is 6. The number of carbonyl (C=O) groups excluding carboxylic acids is 2. The Morgan fingerprint density at radius 2 is 1.92 bits per heavy atom. The minimum Gasteiger partial charge on any atom is -0.339 e. The van der Waals surface area contributed by atoms with E-state index in [1.807, 2.05) is 13.0 Å². The van der Waals surface area contributed by atoms with Crippen molar-refractivity contribution in [2.45, 2.75) is 31.8 Å². The first-order valence-electron chi connectivity index (χ1n) is 12.7. The Hall–Kier alpha value is -3.63. The number of nitrogens with zero attached hydrogens (tertiary/aromatic N) is 4. The molecule has 2 atom stereocenters. The average Bonchev–Trinajstić information content (AvgIpc) is 3.40. The lowest BCUT2D eigenvalue weighted by atomic mass is 9.93. The fourth-order valence-corrected chi connectivity index (χ4v) is 6.38. The summed E-state index contributed by atoms with van der Waals surface area (Å²) >= 11 is 1.72. The van der Waals surface area contributed by atoms with Crippen molar-refractivity contribution in [3.63, 3.8) is 0 Å². The van der Waals surface area contributed by atoms with Crippen molar-refractivity contribution in [1.29, 1.82) is 0 Å². The van der Waals surface area contributed by atoms with E-state index in [1.165, 1.54) is 34.7 Å².